The Morgan fingerprint density at radius 1 is 1.56 bits per heavy atom. The Kier molecular flexibility index (Phi) is 3.25. The summed E-state index contributed by atoms with van der Waals surface area (Å²) >= 11 is 8.46. The average molecular weight is 331 g/mol. The third-order valence-electron chi connectivity index (χ3n) is 3.23. The standard InChI is InChI=1S/C12H12BrFN2OS/c13-8-4-10-11(5-9(8)14)16(12(18)15-10)6-7-2-1-3-17-7/h4-5,7H,1-3,6H2,(H,15,18). The monoisotopic (exact) mass is 330 g/mol. The van der Waals surface area contributed by atoms with Crippen LogP contribution in [0.3, 0.4) is 0 Å². The highest BCUT2D eigenvalue weighted by Gasteiger charge is 2.18. The highest BCUT2D eigenvalue weighted by molar-refractivity contribution is 9.10. The molecule has 0 radical (unpaired) electrons. The molecule has 2 heterocycles. The minimum absolute atomic E-state index is 0.183. The molecule has 0 spiro atoms. The molecule has 6 heteroatoms. The lowest BCUT2D eigenvalue weighted by Gasteiger charge is -2.11. The molecule has 1 aliphatic heterocycles. The number of aromatic amines is 1. The summed E-state index contributed by atoms with van der Waals surface area (Å²) in [6.07, 6.45) is 2.30. The first-order valence-electron chi connectivity index (χ1n) is 5.84. The maximum atomic E-state index is 13.6. The van der Waals surface area contributed by atoms with E-state index in [0.717, 1.165) is 30.5 Å². The summed E-state index contributed by atoms with van der Waals surface area (Å²) in [7, 11) is 0. The summed E-state index contributed by atoms with van der Waals surface area (Å²) < 4.78 is 22.2. The molecule has 1 saturated heterocycles. The number of benzene rings is 1. The van der Waals surface area contributed by atoms with Gasteiger partial charge in [0.15, 0.2) is 4.77 Å². The minimum Gasteiger partial charge on any atom is -0.376 e. The molecule has 0 amide bonds. The largest absolute Gasteiger partial charge is 0.376 e. The van der Waals surface area contributed by atoms with Crippen molar-refractivity contribution in [2.75, 3.05) is 6.61 Å². The molecule has 1 fully saturated rings. The number of nitrogens with zero attached hydrogens (tertiary/aromatic N) is 1. The van der Waals surface area contributed by atoms with E-state index in [1.807, 2.05) is 4.57 Å². The molecule has 1 aromatic heterocycles. The number of nitrogens with one attached hydrogen (secondary N) is 1. The highest BCUT2D eigenvalue weighted by Crippen LogP contribution is 2.24. The fourth-order valence-electron chi connectivity index (χ4n) is 2.33. The van der Waals surface area contributed by atoms with Gasteiger partial charge >= 0.3 is 0 Å². The lowest BCUT2D eigenvalue weighted by atomic mass is 10.2. The second-order valence-corrected chi connectivity index (χ2v) is 5.70. The number of H-pyrrole nitrogens is 1. The summed E-state index contributed by atoms with van der Waals surface area (Å²) in [6.45, 7) is 1.49. The third-order valence-corrected chi connectivity index (χ3v) is 4.16. The number of imidazole rings is 1. The Balaban J connectivity index is 2.07. The first-order chi connectivity index (χ1) is 8.65. The van der Waals surface area contributed by atoms with E-state index < -0.39 is 0 Å². The molecule has 1 aliphatic rings. The summed E-state index contributed by atoms with van der Waals surface area (Å²) in [5.74, 6) is -0.280. The molecule has 3 nitrogen and oxygen atoms in total. The number of rotatable bonds is 2. The predicted molar refractivity (Wildman–Crippen MR) is 73.8 cm³/mol. The maximum Gasteiger partial charge on any atom is 0.178 e. The van der Waals surface area contributed by atoms with Gasteiger partial charge < -0.3 is 14.3 Å². The van der Waals surface area contributed by atoms with Crippen molar-refractivity contribution in [1.29, 1.82) is 0 Å². The highest BCUT2D eigenvalue weighted by atomic mass is 79.9. The zero-order valence-corrected chi connectivity index (χ0v) is 12.0. The lowest BCUT2D eigenvalue weighted by molar-refractivity contribution is 0.0976. The van der Waals surface area contributed by atoms with Gasteiger partial charge in [0.05, 0.1) is 28.2 Å². The van der Waals surface area contributed by atoms with Crippen molar-refractivity contribution in [2.24, 2.45) is 0 Å². The second kappa shape index (κ2) is 4.75. The molecule has 1 atom stereocenters. The normalized spacial score (nSPS) is 19.8. The van der Waals surface area contributed by atoms with Crippen LogP contribution in [0.25, 0.3) is 11.0 Å². The molecule has 2 aromatic rings. The molecule has 0 saturated carbocycles. The number of fused-ring (bicyclic) bond motifs is 1. The van der Waals surface area contributed by atoms with Crippen molar-refractivity contribution in [3.05, 3.63) is 27.2 Å². The topological polar surface area (TPSA) is 29.9 Å². The van der Waals surface area contributed by atoms with Gasteiger partial charge in [-0.3, -0.25) is 0 Å². The van der Waals surface area contributed by atoms with Crippen LogP contribution < -0.4 is 0 Å². The number of aromatic nitrogens is 2. The van der Waals surface area contributed by atoms with Gasteiger partial charge in [-0.25, -0.2) is 4.39 Å². The van der Waals surface area contributed by atoms with E-state index in [4.69, 9.17) is 17.0 Å². The van der Waals surface area contributed by atoms with Crippen molar-refractivity contribution >= 4 is 39.2 Å². The minimum atomic E-state index is -0.280. The molecule has 0 bridgehead atoms. The molecule has 96 valence electrons. The fourth-order valence-corrected chi connectivity index (χ4v) is 2.95. The van der Waals surface area contributed by atoms with Gasteiger partial charge in [0.1, 0.15) is 5.82 Å². The summed E-state index contributed by atoms with van der Waals surface area (Å²) in [6, 6.07) is 3.22. The molecule has 0 aliphatic carbocycles. The van der Waals surface area contributed by atoms with Gasteiger partial charge in [-0.1, -0.05) is 0 Å². The van der Waals surface area contributed by atoms with Crippen LogP contribution in [0.1, 0.15) is 12.8 Å². The Hall–Kier alpha value is -0.720. The van der Waals surface area contributed by atoms with Gasteiger partial charge in [0.2, 0.25) is 0 Å². The number of hydrogen-bond acceptors (Lipinski definition) is 2. The maximum absolute atomic E-state index is 13.6. The van der Waals surface area contributed by atoms with Crippen LogP contribution >= 0.6 is 28.1 Å². The molecular formula is C12H12BrFN2OS. The summed E-state index contributed by atoms with van der Waals surface area (Å²) in [5, 5.41) is 0. The first-order valence-corrected chi connectivity index (χ1v) is 7.04. The van der Waals surface area contributed by atoms with Crippen molar-refractivity contribution in [1.82, 2.24) is 9.55 Å². The molecule has 18 heavy (non-hydrogen) atoms. The van der Waals surface area contributed by atoms with Gasteiger partial charge in [-0.05, 0) is 47.1 Å². The zero-order valence-electron chi connectivity index (χ0n) is 9.58. The van der Waals surface area contributed by atoms with Gasteiger partial charge in [-0.15, -0.1) is 0 Å². The molecule has 1 N–H and O–H groups in total. The van der Waals surface area contributed by atoms with E-state index >= 15 is 0 Å². The first kappa shape index (κ1) is 12.3. The predicted octanol–water partition coefficient (Wildman–Crippen LogP) is 3.78. The molecule has 1 unspecified atom stereocenters. The Morgan fingerprint density at radius 2 is 2.39 bits per heavy atom. The van der Waals surface area contributed by atoms with Gasteiger partial charge in [0.25, 0.3) is 0 Å². The van der Waals surface area contributed by atoms with Crippen LogP contribution in [0.5, 0.6) is 0 Å². The fraction of sp³-hybridized carbons (Fsp3) is 0.417. The molecular weight excluding hydrogens is 319 g/mol. The Bertz CT molecular complexity index is 645. The quantitative estimate of drug-likeness (QED) is 0.849. The van der Waals surface area contributed by atoms with E-state index in [-0.39, 0.29) is 11.9 Å². The third kappa shape index (κ3) is 2.13. The Labute approximate surface area is 117 Å². The van der Waals surface area contributed by atoms with Crippen LogP contribution in [0.15, 0.2) is 16.6 Å². The van der Waals surface area contributed by atoms with Crippen LogP contribution in [0.2, 0.25) is 0 Å². The number of ether oxygens (including phenoxy) is 1. The van der Waals surface area contributed by atoms with Crippen molar-refractivity contribution < 1.29 is 9.13 Å². The lowest BCUT2D eigenvalue weighted by Crippen LogP contribution is -2.14. The zero-order chi connectivity index (χ0) is 12.7. The number of halogens is 2. The van der Waals surface area contributed by atoms with Crippen molar-refractivity contribution in [2.45, 2.75) is 25.5 Å². The molecule has 1 aromatic carbocycles. The SMILES string of the molecule is Fc1cc2c(cc1Br)[nH]c(=S)n2CC1CCCO1. The van der Waals surface area contributed by atoms with Crippen LogP contribution in [0, 0.1) is 10.6 Å². The van der Waals surface area contributed by atoms with Crippen LogP contribution in [0.4, 0.5) is 4.39 Å². The second-order valence-electron chi connectivity index (χ2n) is 4.46. The molecule has 3 rings (SSSR count). The average Bonchev–Trinajstić information content (AvgIpc) is 2.92. The van der Waals surface area contributed by atoms with Crippen LogP contribution in [-0.4, -0.2) is 22.3 Å². The van der Waals surface area contributed by atoms with Crippen molar-refractivity contribution in [3.8, 4) is 0 Å². The summed E-state index contributed by atoms with van der Waals surface area (Å²) in [4.78, 5) is 3.09. The number of hydrogen-bond donors (Lipinski definition) is 1. The van der Waals surface area contributed by atoms with Crippen LogP contribution in [-0.2, 0) is 11.3 Å². The van der Waals surface area contributed by atoms with E-state index in [2.05, 4.69) is 20.9 Å². The Morgan fingerprint density at radius 3 is 3.11 bits per heavy atom. The van der Waals surface area contributed by atoms with E-state index in [9.17, 15) is 4.39 Å². The summed E-state index contributed by atoms with van der Waals surface area (Å²) in [5.41, 5.74) is 1.63. The van der Waals surface area contributed by atoms with E-state index in [0.29, 0.717) is 15.8 Å². The van der Waals surface area contributed by atoms with Gasteiger partial charge in [0, 0.05) is 12.7 Å². The van der Waals surface area contributed by atoms with E-state index in [1.165, 1.54) is 6.07 Å². The van der Waals surface area contributed by atoms with Crippen molar-refractivity contribution in [3.63, 3.8) is 0 Å². The van der Waals surface area contributed by atoms with E-state index in [1.54, 1.807) is 6.07 Å². The van der Waals surface area contributed by atoms with Gasteiger partial charge in [-0.2, -0.15) is 0 Å². The smallest absolute Gasteiger partial charge is 0.178 e.